The highest BCUT2D eigenvalue weighted by Gasteiger charge is 2.46. The molecular weight excluding hydrogens is 240 g/mol. The summed E-state index contributed by atoms with van der Waals surface area (Å²) in [6, 6.07) is 0. The number of aliphatic hydroxyl groups excluding tert-OH is 1. The highest BCUT2D eigenvalue weighted by molar-refractivity contribution is 5.97. The summed E-state index contributed by atoms with van der Waals surface area (Å²) in [5.74, 6) is -0.547. The van der Waals surface area contributed by atoms with Crippen molar-refractivity contribution in [2.24, 2.45) is 5.92 Å². The molecule has 1 aliphatic carbocycles. The van der Waals surface area contributed by atoms with E-state index in [9.17, 15) is 9.90 Å². The van der Waals surface area contributed by atoms with Crippen LogP contribution in [0.2, 0.25) is 0 Å². The lowest BCUT2D eigenvalue weighted by molar-refractivity contribution is -0.135. The van der Waals surface area contributed by atoms with Crippen LogP contribution in [0.4, 0.5) is 0 Å². The fraction of sp³-hybridized carbons (Fsp3) is 0.562. The van der Waals surface area contributed by atoms with Gasteiger partial charge < -0.3 is 9.84 Å². The van der Waals surface area contributed by atoms with E-state index >= 15 is 0 Å². The molecule has 1 aliphatic rings. The van der Waals surface area contributed by atoms with Crippen LogP contribution in [-0.2, 0) is 9.53 Å². The smallest absolute Gasteiger partial charge is 0.164 e. The van der Waals surface area contributed by atoms with Gasteiger partial charge in [-0.2, -0.15) is 0 Å². The van der Waals surface area contributed by atoms with E-state index < -0.39 is 17.6 Å². The van der Waals surface area contributed by atoms with Crippen LogP contribution in [0.15, 0.2) is 36.0 Å². The third-order valence-corrected chi connectivity index (χ3v) is 4.01. The Morgan fingerprint density at radius 3 is 2.68 bits per heavy atom. The molecule has 0 aromatic carbocycles. The van der Waals surface area contributed by atoms with Crippen LogP contribution in [0.3, 0.4) is 0 Å². The SMILES string of the molecule is C=C/C(C)=C\CCC(C)(OC)C1C(=O)C=C(C)C1O. The third kappa shape index (κ3) is 3.43. The number of carbonyl (C=O) groups excluding carboxylic acids is 1. The lowest BCUT2D eigenvalue weighted by Gasteiger charge is -2.35. The molecule has 0 heterocycles. The highest BCUT2D eigenvalue weighted by atomic mass is 16.5. The minimum absolute atomic E-state index is 0.0428. The maximum Gasteiger partial charge on any atom is 0.164 e. The fourth-order valence-electron chi connectivity index (χ4n) is 2.51. The summed E-state index contributed by atoms with van der Waals surface area (Å²) in [4.78, 5) is 12.0. The first-order valence-electron chi connectivity index (χ1n) is 6.60. The van der Waals surface area contributed by atoms with Crippen LogP contribution in [-0.4, -0.2) is 29.7 Å². The normalized spacial score (nSPS) is 27.1. The summed E-state index contributed by atoms with van der Waals surface area (Å²) >= 11 is 0. The first-order chi connectivity index (χ1) is 8.85. The van der Waals surface area contributed by atoms with Gasteiger partial charge in [0.15, 0.2) is 5.78 Å². The largest absolute Gasteiger partial charge is 0.388 e. The Morgan fingerprint density at radius 2 is 2.26 bits per heavy atom. The van der Waals surface area contributed by atoms with Gasteiger partial charge in [0.1, 0.15) is 0 Å². The molecule has 0 aromatic rings. The zero-order valence-electron chi connectivity index (χ0n) is 12.3. The number of aliphatic hydroxyl groups is 1. The second-order valence-electron chi connectivity index (χ2n) is 5.42. The van der Waals surface area contributed by atoms with Gasteiger partial charge in [0.2, 0.25) is 0 Å². The first-order valence-corrected chi connectivity index (χ1v) is 6.60. The Morgan fingerprint density at radius 1 is 1.63 bits per heavy atom. The van der Waals surface area contributed by atoms with E-state index in [0.29, 0.717) is 6.42 Å². The van der Waals surface area contributed by atoms with Gasteiger partial charge >= 0.3 is 0 Å². The number of rotatable bonds is 6. The summed E-state index contributed by atoms with van der Waals surface area (Å²) in [7, 11) is 1.59. The molecule has 1 N–H and O–H groups in total. The molecule has 1 rings (SSSR count). The Labute approximate surface area is 115 Å². The number of methoxy groups -OCH3 is 1. The number of hydrogen-bond donors (Lipinski definition) is 1. The van der Waals surface area contributed by atoms with Crippen molar-refractivity contribution in [3.05, 3.63) is 36.0 Å². The molecule has 0 radical (unpaired) electrons. The average Bonchev–Trinajstić information content (AvgIpc) is 2.63. The van der Waals surface area contributed by atoms with Crippen molar-refractivity contribution in [1.29, 1.82) is 0 Å². The van der Waals surface area contributed by atoms with E-state index in [1.807, 2.05) is 13.8 Å². The zero-order valence-corrected chi connectivity index (χ0v) is 12.3. The maximum absolute atomic E-state index is 12.0. The van der Waals surface area contributed by atoms with Crippen molar-refractivity contribution in [3.63, 3.8) is 0 Å². The van der Waals surface area contributed by atoms with E-state index in [2.05, 4.69) is 12.7 Å². The van der Waals surface area contributed by atoms with Crippen molar-refractivity contribution in [2.45, 2.75) is 45.3 Å². The molecule has 0 fully saturated rings. The second kappa shape index (κ2) is 6.31. The number of ketones is 1. The molecule has 3 atom stereocenters. The maximum atomic E-state index is 12.0. The van der Waals surface area contributed by atoms with Gasteiger partial charge in [-0.1, -0.05) is 24.3 Å². The van der Waals surface area contributed by atoms with Crippen LogP contribution in [0.5, 0.6) is 0 Å². The number of hydrogen-bond acceptors (Lipinski definition) is 3. The summed E-state index contributed by atoms with van der Waals surface area (Å²) in [5.41, 5.74) is 1.17. The van der Waals surface area contributed by atoms with Crippen molar-refractivity contribution >= 4 is 5.78 Å². The first kappa shape index (κ1) is 15.9. The van der Waals surface area contributed by atoms with Crippen LogP contribution in [0.25, 0.3) is 0 Å². The van der Waals surface area contributed by atoms with Gasteiger partial charge in [-0.25, -0.2) is 0 Å². The standard InChI is InChI=1S/C16H24O3/c1-6-11(2)8-7-9-16(4,19-5)14-13(17)10-12(3)15(14)18/h6,8,10,14-15,18H,1,7,9H2,2-5H3/b11-8-. The van der Waals surface area contributed by atoms with Crippen molar-refractivity contribution in [2.75, 3.05) is 7.11 Å². The average molecular weight is 264 g/mol. The van der Waals surface area contributed by atoms with Crippen LogP contribution >= 0.6 is 0 Å². The lowest BCUT2D eigenvalue weighted by Crippen LogP contribution is -2.45. The van der Waals surface area contributed by atoms with E-state index in [0.717, 1.165) is 17.6 Å². The fourth-order valence-corrected chi connectivity index (χ4v) is 2.51. The van der Waals surface area contributed by atoms with Crippen molar-refractivity contribution in [1.82, 2.24) is 0 Å². The Bertz CT molecular complexity index is 420. The van der Waals surface area contributed by atoms with E-state index in [1.54, 1.807) is 20.1 Å². The second-order valence-corrected chi connectivity index (χ2v) is 5.42. The topological polar surface area (TPSA) is 46.5 Å². The molecule has 0 amide bonds. The molecule has 3 heteroatoms. The molecule has 0 aromatic heterocycles. The Hall–Kier alpha value is -1.19. The zero-order chi connectivity index (χ0) is 14.6. The van der Waals surface area contributed by atoms with E-state index in [1.165, 1.54) is 6.08 Å². The quantitative estimate of drug-likeness (QED) is 0.750. The van der Waals surface area contributed by atoms with Gasteiger partial charge in [-0.15, -0.1) is 0 Å². The summed E-state index contributed by atoms with van der Waals surface area (Å²) in [5, 5.41) is 10.1. The molecule has 19 heavy (non-hydrogen) atoms. The summed E-state index contributed by atoms with van der Waals surface area (Å²) < 4.78 is 5.56. The van der Waals surface area contributed by atoms with Gasteiger partial charge in [0.25, 0.3) is 0 Å². The van der Waals surface area contributed by atoms with E-state index in [4.69, 9.17) is 4.74 Å². The molecule has 3 unspecified atom stereocenters. The molecule has 0 aliphatic heterocycles. The van der Waals surface area contributed by atoms with Crippen LogP contribution in [0, 0.1) is 5.92 Å². The summed E-state index contributed by atoms with van der Waals surface area (Å²) in [6.45, 7) is 9.36. The molecule has 0 bridgehead atoms. The van der Waals surface area contributed by atoms with Gasteiger partial charge in [0, 0.05) is 7.11 Å². The van der Waals surface area contributed by atoms with Gasteiger partial charge in [0.05, 0.1) is 17.6 Å². The molecule has 0 saturated carbocycles. The molecule has 0 saturated heterocycles. The highest BCUT2D eigenvalue weighted by Crippen LogP contribution is 2.36. The van der Waals surface area contributed by atoms with Gasteiger partial charge in [-0.05, 0) is 45.3 Å². The van der Waals surface area contributed by atoms with Crippen LogP contribution < -0.4 is 0 Å². The number of ether oxygens (including phenoxy) is 1. The Balaban J connectivity index is 2.81. The van der Waals surface area contributed by atoms with Crippen molar-refractivity contribution < 1.29 is 14.6 Å². The number of carbonyl (C=O) groups is 1. The predicted molar refractivity (Wildman–Crippen MR) is 76.9 cm³/mol. The van der Waals surface area contributed by atoms with Gasteiger partial charge in [-0.3, -0.25) is 4.79 Å². The predicted octanol–water partition coefficient (Wildman–Crippen LogP) is 2.81. The van der Waals surface area contributed by atoms with Crippen LogP contribution in [0.1, 0.15) is 33.6 Å². The minimum Gasteiger partial charge on any atom is -0.388 e. The van der Waals surface area contributed by atoms with Crippen molar-refractivity contribution in [3.8, 4) is 0 Å². The molecule has 106 valence electrons. The molecule has 3 nitrogen and oxygen atoms in total. The molecular formula is C16H24O3. The van der Waals surface area contributed by atoms with E-state index in [-0.39, 0.29) is 5.78 Å². The summed E-state index contributed by atoms with van der Waals surface area (Å²) in [6.07, 6.45) is 6.13. The monoisotopic (exact) mass is 264 g/mol. The third-order valence-electron chi connectivity index (χ3n) is 4.01. The minimum atomic E-state index is -0.734. The lowest BCUT2D eigenvalue weighted by atomic mass is 9.80. The number of allylic oxidation sites excluding steroid dienone is 4. The molecule has 0 spiro atoms. The Kier molecular flexibility index (Phi) is 5.27.